The molecule has 0 spiro atoms. The van der Waals surface area contributed by atoms with Crippen LogP contribution in [0.4, 0.5) is 5.69 Å². The SMILES string of the molecule is NC(=O)C(CCc1nc(C(=O)O)cs1)N(C(=O)c1ccccc1Cl)c1ccc(Cl)cc1. The van der Waals surface area contributed by atoms with E-state index >= 15 is 0 Å². The second kappa shape index (κ2) is 9.91. The van der Waals surface area contributed by atoms with Gasteiger partial charge in [-0.05, 0) is 42.8 Å². The number of thiazole rings is 1. The first kappa shape index (κ1) is 22.7. The monoisotopic (exact) mass is 477 g/mol. The number of carboxylic acids is 1. The van der Waals surface area contributed by atoms with Crippen LogP contribution in [-0.2, 0) is 11.2 Å². The number of carboxylic acid groups (broad SMARTS) is 1. The van der Waals surface area contributed by atoms with E-state index in [1.165, 1.54) is 10.3 Å². The van der Waals surface area contributed by atoms with Crippen LogP contribution in [0.1, 0.15) is 32.3 Å². The minimum absolute atomic E-state index is 0.0719. The van der Waals surface area contributed by atoms with Crippen molar-refractivity contribution < 1.29 is 19.5 Å². The van der Waals surface area contributed by atoms with E-state index in [1.807, 2.05) is 0 Å². The van der Waals surface area contributed by atoms with Crippen LogP contribution < -0.4 is 10.6 Å². The lowest BCUT2D eigenvalue weighted by molar-refractivity contribution is -0.119. The fraction of sp³-hybridized carbons (Fsp3) is 0.143. The number of hydrogen-bond donors (Lipinski definition) is 2. The van der Waals surface area contributed by atoms with Crippen LogP contribution in [0.15, 0.2) is 53.9 Å². The second-order valence-corrected chi connectivity index (χ2v) is 8.31. The van der Waals surface area contributed by atoms with Crippen LogP contribution in [0.25, 0.3) is 0 Å². The Kier molecular flexibility index (Phi) is 7.27. The smallest absolute Gasteiger partial charge is 0.355 e. The lowest BCUT2D eigenvalue weighted by Crippen LogP contribution is -2.48. The van der Waals surface area contributed by atoms with Gasteiger partial charge in [-0.1, -0.05) is 35.3 Å². The average Bonchev–Trinajstić information content (AvgIpc) is 3.21. The Morgan fingerprint density at radius 3 is 2.35 bits per heavy atom. The number of primary amides is 1. The number of nitrogens with zero attached hydrogens (tertiary/aromatic N) is 2. The van der Waals surface area contributed by atoms with E-state index in [1.54, 1.807) is 48.5 Å². The summed E-state index contributed by atoms with van der Waals surface area (Å²) in [7, 11) is 0. The summed E-state index contributed by atoms with van der Waals surface area (Å²) >= 11 is 13.4. The number of rotatable bonds is 8. The van der Waals surface area contributed by atoms with Gasteiger partial charge in [0.25, 0.3) is 5.91 Å². The summed E-state index contributed by atoms with van der Waals surface area (Å²) in [6.07, 6.45) is 0.395. The highest BCUT2D eigenvalue weighted by Crippen LogP contribution is 2.27. The standard InChI is InChI=1S/C21H17Cl2N3O4S/c22-12-5-7-13(8-6-12)26(20(28)14-3-1-2-4-15(14)23)17(19(24)27)9-10-18-25-16(11-31-18)21(29)30/h1-8,11,17H,9-10H2,(H2,24,27)(H,29,30). The van der Waals surface area contributed by atoms with Gasteiger partial charge in [-0.2, -0.15) is 0 Å². The Hall–Kier alpha value is -2.94. The predicted octanol–water partition coefficient (Wildman–Crippen LogP) is 4.28. The maximum atomic E-state index is 13.4. The number of carbonyl (C=O) groups excluding carboxylic acids is 2. The molecule has 3 N–H and O–H groups in total. The number of amides is 2. The van der Waals surface area contributed by atoms with Gasteiger partial charge in [-0.3, -0.25) is 14.5 Å². The van der Waals surface area contributed by atoms with Crippen molar-refractivity contribution in [3.8, 4) is 0 Å². The lowest BCUT2D eigenvalue weighted by atomic mass is 10.1. The molecule has 3 rings (SSSR count). The van der Waals surface area contributed by atoms with Gasteiger partial charge >= 0.3 is 5.97 Å². The van der Waals surface area contributed by atoms with Crippen molar-refractivity contribution in [3.05, 3.63) is 80.2 Å². The molecule has 1 unspecified atom stereocenters. The fourth-order valence-electron chi connectivity index (χ4n) is 2.99. The molecule has 7 nitrogen and oxygen atoms in total. The summed E-state index contributed by atoms with van der Waals surface area (Å²) in [5.74, 6) is -2.35. The van der Waals surface area contributed by atoms with Crippen molar-refractivity contribution in [2.75, 3.05) is 4.90 Å². The first-order valence-electron chi connectivity index (χ1n) is 9.08. The molecule has 2 aromatic carbocycles. The largest absolute Gasteiger partial charge is 0.476 e. The number of hydrogen-bond acceptors (Lipinski definition) is 5. The summed E-state index contributed by atoms with van der Waals surface area (Å²) < 4.78 is 0. The Morgan fingerprint density at radius 2 is 1.77 bits per heavy atom. The fourth-order valence-corrected chi connectivity index (χ4v) is 4.12. The number of aromatic carboxylic acids is 1. The van der Waals surface area contributed by atoms with Gasteiger partial charge < -0.3 is 10.8 Å². The van der Waals surface area contributed by atoms with Gasteiger partial charge in [0.1, 0.15) is 6.04 Å². The number of aryl methyl sites for hydroxylation is 1. The average molecular weight is 478 g/mol. The highest BCUT2D eigenvalue weighted by Gasteiger charge is 2.31. The van der Waals surface area contributed by atoms with Crippen LogP contribution in [-0.4, -0.2) is 33.9 Å². The number of halogens is 2. The molecule has 0 saturated carbocycles. The Balaban J connectivity index is 1.96. The summed E-state index contributed by atoms with van der Waals surface area (Å²) in [6, 6.07) is 11.9. The van der Waals surface area contributed by atoms with Gasteiger partial charge in [-0.15, -0.1) is 11.3 Å². The zero-order chi connectivity index (χ0) is 22.5. The molecule has 1 atom stereocenters. The molecule has 2 amide bonds. The number of carbonyl (C=O) groups is 3. The quantitative estimate of drug-likeness (QED) is 0.502. The van der Waals surface area contributed by atoms with Crippen LogP contribution in [0.3, 0.4) is 0 Å². The van der Waals surface area contributed by atoms with E-state index in [-0.39, 0.29) is 29.1 Å². The molecule has 0 fully saturated rings. The minimum Gasteiger partial charge on any atom is -0.476 e. The molecule has 0 saturated heterocycles. The van der Waals surface area contributed by atoms with E-state index in [0.717, 1.165) is 11.3 Å². The third-order valence-corrected chi connectivity index (χ3v) is 5.96. The van der Waals surface area contributed by atoms with E-state index in [4.69, 9.17) is 34.0 Å². The molecule has 10 heteroatoms. The topological polar surface area (TPSA) is 114 Å². The molecule has 0 bridgehead atoms. The highest BCUT2D eigenvalue weighted by molar-refractivity contribution is 7.09. The predicted molar refractivity (Wildman–Crippen MR) is 120 cm³/mol. The van der Waals surface area contributed by atoms with E-state index in [0.29, 0.717) is 15.7 Å². The minimum atomic E-state index is -1.13. The highest BCUT2D eigenvalue weighted by atomic mass is 35.5. The van der Waals surface area contributed by atoms with Crippen LogP contribution >= 0.6 is 34.5 Å². The zero-order valence-electron chi connectivity index (χ0n) is 16.0. The molecule has 0 aliphatic heterocycles. The van der Waals surface area contributed by atoms with Crippen LogP contribution in [0.2, 0.25) is 10.0 Å². The van der Waals surface area contributed by atoms with E-state index < -0.39 is 23.8 Å². The third-order valence-electron chi connectivity index (χ3n) is 4.47. The second-order valence-electron chi connectivity index (χ2n) is 6.52. The summed E-state index contributed by atoms with van der Waals surface area (Å²) in [6.45, 7) is 0. The van der Waals surface area contributed by atoms with Gasteiger partial charge in [0, 0.05) is 22.5 Å². The summed E-state index contributed by atoms with van der Waals surface area (Å²) in [5, 5.41) is 11.7. The van der Waals surface area contributed by atoms with E-state index in [9.17, 15) is 14.4 Å². The first-order chi connectivity index (χ1) is 14.8. The Morgan fingerprint density at radius 1 is 1.10 bits per heavy atom. The van der Waals surface area contributed by atoms with Crippen LogP contribution in [0, 0.1) is 0 Å². The molecule has 0 aliphatic rings. The van der Waals surface area contributed by atoms with E-state index in [2.05, 4.69) is 4.98 Å². The molecule has 3 aromatic rings. The van der Waals surface area contributed by atoms with Crippen molar-refractivity contribution >= 4 is 58.0 Å². The van der Waals surface area contributed by atoms with Gasteiger partial charge in [0.2, 0.25) is 5.91 Å². The zero-order valence-corrected chi connectivity index (χ0v) is 18.3. The van der Waals surface area contributed by atoms with Crippen molar-refractivity contribution in [2.24, 2.45) is 5.73 Å². The van der Waals surface area contributed by atoms with Crippen LogP contribution in [0.5, 0.6) is 0 Å². The number of benzene rings is 2. The van der Waals surface area contributed by atoms with Gasteiger partial charge in [0.15, 0.2) is 5.69 Å². The molecule has 0 aliphatic carbocycles. The third kappa shape index (κ3) is 5.41. The van der Waals surface area contributed by atoms with Crippen molar-refractivity contribution in [1.29, 1.82) is 0 Å². The first-order valence-corrected chi connectivity index (χ1v) is 10.7. The Labute approximate surface area is 192 Å². The number of aromatic nitrogens is 1. The molecule has 1 aromatic heterocycles. The summed E-state index contributed by atoms with van der Waals surface area (Å²) in [4.78, 5) is 42.2. The van der Waals surface area contributed by atoms with Gasteiger partial charge in [0.05, 0.1) is 15.6 Å². The maximum absolute atomic E-state index is 13.4. The van der Waals surface area contributed by atoms with Crippen molar-refractivity contribution in [2.45, 2.75) is 18.9 Å². The number of anilines is 1. The maximum Gasteiger partial charge on any atom is 0.355 e. The molecular weight excluding hydrogens is 461 g/mol. The molecule has 31 heavy (non-hydrogen) atoms. The molecule has 160 valence electrons. The molecule has 0 radical (unpaired) electrons. The summed E-state index contributed by atoms with van der Waals surface area (Å²) in [5.41, 5.74) is 6.24. The molecular formula is C21H17Cl2N3O4S. The van der Waals surface area contributed by atoms with Gasteiger partial charge in [-0.25, -0.2) is 9.78 Å². The number of nitrogens with two attached hydrogens (primary N) is 1. The van der Waals surface area contributed by atoms with Crippen molar-refractivity contribution in [1.82, 2.24) is 4.98 Å². The normalized spacial score (nSPS) is 11.7. The lowest BCUT2D eigenvalue weighted by Gasteiger charge is -2.30. The molecule has 1 heterocycles. The Bertz CT molecular complexity index is 1120. The van der Waals surface area contributed by atoms with Crippen molar-refractivity contribution in [3.63, 3.8) is 0 Å².